The zero-order chi connectivity index (χ0) is 22.3. The predicted molar refractivity (Wildman–Crippen MR) is 112 cm³/mol. The van der Waals surface area contributed by atoms with Crippen molar-refractivity contribution < 1.29 is 17.9 Å². The van der Waals surface area contributed by atoms with Crippen LogP contribution in [0.25, 0.3) is 5.70 Å². The minimum Gasteiger partial charge on any atom is -0.397 e. The second-order valence-electron chi connectivity index (χ2n) is 6.87. The first kappa shape index (κ1) is 23.3. The van der Waals surface area contributed by atoms with Gasteiger partial charge in [-0.25, -0.2) is 10.4 Å². The topological polar surface area (TPSA) is 171 Å². The predicted octanol–water partition coefficient (Wildman–Crippen LogP) is 1.87. The molecule has 0 aliphatic carbocycles. The molecule has 2 aromatic rings. The second kappa shape index (κ2) is 10.2. The van der Waals surface area contributed by atoms with Crippen LogP contribution in [0.3, 0.4) is 0 Å². The van der Waals surface area contributed by atoms with Gasteiger partial charge in [0, 0.05) is 6.20 Å². The number of hydrogen-bond donors (Lipinski definition) is 3. The average molecular weight is 439 g/mol. The lowest BCUT2D eigenvalue weighted by Crippen LogP contribution is -2.29. The molecule has 0 radical (unpaired) electrons. The molecule has 12 heteroatoms. The molecule has 164 valence electrons. The van der Waals surface area contributed by atoms with Gasteiger partial charge in [-0.15, -0.1) is 0 Å². The summed E-state index contributed by atoms with van der Waals surface area (Å²) >= 11 is 0. The zero-order valence-corrected chi connectivity index (χ0v) is 17.4. The van der Waals surface area contributed by atoms with Gasteiger partial charge in [0.25, 0.3) is 10.1 Å². The monoisotopic (exact) mass is 438 g/mol. The molecule has 0 amide bonds. The second-order valence-corrected chi connectivity index (χ2v) is 8.57. The van der Waals surface area contributed by atoms with Gasteiger partial charge in [0.15, 0.2) is 6.67 Å². The highest BCUT2D eigenvalue weighted by molar-refractivity contribution is 7.86. The molecule has 0 aliphatic heterocycles. The number of nitro groups is 1. The van der Waals surface area contributed by atoms with E-state index in [0.717, 1.165) is 12.0 Å². The lowest BCUT2D eigenvalue weighted by Gasteiger charge is -2.15. The highest BCUT2D eigenvalue weighted by Gasteiger charge is 2.22. The van der Waals surface area contributed by atoms with Crippen molar-refractivity contribution in [3.05, 3.63) is 64.1 Å². The van der Waals surface area contributed by atoms with E-state index < -0.39 is 20.3 Å². The maximum Gasteiger partial charge on any atom is 0.436 e. The smallest absolute Gasteiger partial charge is 0.397 e. The van der Waals surface area contributed by atoms with Crippen molar-refractivity contribution in [1.82, 2.24) is 14.6 Å². The summed E-state index contributed by atoms with van der Waals surface area (Å²) in [5.41, 5.74) is 7.78. The van der Waals surface area contributed by atoms with Crippen LogP contribution in [0.5, 0.6) is 0 Å². The van der Waals surface area contributed by atoms with Gasteiger partial charge in [-0.2, -0.15) is 8.42 Å². The third-order valence-corrected chi connectivity index (χ3v) is 5.77. The Morgan fingerprint density at radius 3 is 2.63 bits per heavy atom. The van der Waals surface area contributed by atoms with Crippen molar-refractivity contribution in [2.24, 2.45) is 11.6 Å². The number of nitrogens with zero attached hydrogens (tertiary/aromatic N) is 4. The molecule has 1 aromatic heterocycles. The summed E-state index contributed by atoms with van der Waals surface area (Å²) in [4.78, 5) is 13.9. The molecule has 1 aromatic carbocycles. The molecule has 1 atom stereocenters. The van der Waals surface area contributed by atoms with Gasteiger partial charge in [-0.05, 0) is 28.9 Å². The fourth-order valence-corrected chi connectivity index (χ4v) is 3.81. The minimum atomic E-state index is -4.13. The van der Waals surface area contributed by atoms with E-state index >= 15 is 0 Å². The lowest BCUT2D eigenvalue weighted by molar-refractivity contribution is -0.397. The van der Waals surface area contributed by atoms with Crippen molar-refractivity contribution in [2.45, 2.75) is 44.5 Å². The third-order valence-electron chi connectivity index (χ3n) is 4.53. The third kappa shape index (κ3) is 6.54. The van der Waals surface area contributed by atoms with Gasteiger partial charge in [0.1, 0.15) is 12.4 Å². The molecule has 0 aliphatic rings. The quantitative estimate of drug-likeness (QED) is 0.205. The summed E-state index contributed by atoms with van der Waals surface area (Å²) in [5.74, 6) is 5.54. The SMILES string of the molecule is CCCCC(Cc1ccc(/C(N)=C/N(N)Cn2ccnc2[N+](=O)[O-])cc1)S(=O)(=O)O. The maximum absolute atomic E-state index is 11.6. The van der Waals surface area contributed by atoms with E-state index in [1.54, 1.807) is 24.3 Å². The molecule has 5 N–H and O–H groups in total. The first-order valence-corrected chi connectivity index (χ1v) is 10.8. The number of imidazole rings is 1. The molecule has 0 bridgehead atoms. The number of aromatic nitrogens is 2. The van der Waals surface area contributed by atoms with Crippen LogP contribution >= 0.6 is 0 Å². The van der Waals surface area contributed by atoms with E-state index in [2.05, 4.69) is 4.98 Å². The summed E-state index contributed by atoms with van der Waals surface area (Å²) in [7, 11) is -4.13. The van der Waals surface area contributed by atoms with E-state index in [-0.39, 0.29) is 19.0 Å². The Kier molecular flexibility index (Phi) is 7.92. The number of rotatable bonds is 11. The molecule has 11 nitrogen and oxygen atoms in total. The van der Waals surface area contributed by atoms with Crippen LogP contribution in [0, 0.1) is 10.1 Å². The molecule has 0 fully saturated rings. The number of hydrazine groups is 1. The summed E-state index contributed by atoms with van der Waals surface area (Å²) in [6.45, 7) is 1.93. The lowest BCUT2D eigenvalue weighted by atomic mass is 10.0. The standard InChI is InChI=1S/C18H26N6O5S/c1-2-3-4-16(30(27,28)29)11-14-5-7-15(8-6-14)17(19)12-23(20)13-22-10-9-21-18(22)24(25)26/h5-10,12,16H,2-4,11,13,19-20H2,1H3,(H,27,28,29)/b17-12-. The first-order chi connectivity index (χ1) is 14.1. The van der Waals surface area contributed by atoms with Crippen molar-refractivity contribution >= 4 is 21.8 Å². The zero-order valence-electron chi connectivity index (χ0n) is 16.6. The van der Waals surface area contributed by atoms with Gasteiger partial charge < -0.3 is 15.8 Å². The van der Waals surface area contributed by atoms with Crippen LogP contribution in [-0.2, 0) is 23.2 Å². The summed E-state index contributed by atoms with van der Waals surface area (Å²) in [5, 5.41) is 11.3. The van der Waals surface area contributed by atoms with Crippen LogP contribution < -0.4 is 11.6 Å². The Morgan fingerprint density at radius 2 is 2.07 bits per heavy atom. The Morgan fingerprint density at radius 1 is 1.40 bits per heavy atom. The van der Waals surface area contributed by atoms with Crippen LogP contribution in [-0.4, -0.2) is 37.7 Å². The highest BCUT2D eigenvalue weighted by Crippen LogP contribution is 2.18. The summed E-state index contributed by atoms with van der Waals surface area (Å²) in [6.07, 6.45) is 6.31. The van der Waals surface area contributed by atoms with Crippen molar-refractivity contribution in [3.63, 3.8) is 0 Å². The minimum absolute atomic E-state index is 0.0252. The van der Waals surface area contributed by atoms with Crippen LogP contribution in [0.15, 0.2) is 42.9 Å². The van der Waals surface area contributed by atoms with Crippen LogP contribution in [0.1, 0.15) is 37.3 Å². The fourth-order valence-electron chi connectivity index (χ4n) is 2.94. The number of unbranched alkanes of at least 4 members (excludes halogenated alkanes) is 1. The molecule has 0 saturated carbocycles. The van der Waals surface area contributed by atoms with Gasteiger partial charge >= 0.3 is 5.95 Å². The van der Waals surface area contributed by atoms with Gasteiger partial charge in [-0.3, -0.25) is 9.56 Å². The number of hydrogen-bond acceptors (Lipinski definition) is 8. The largest absolute Gasteiger partial charge is 0.436 e. The number of benzene rings is 1. The highest BCUT2D eigenvalue weighted by atomic mass is 32.2. The van der Waals surface area contributed by atoms with Crippen LogP contribution in [0.4, 0.5) is 5.95 Å². The molecular formula is C18H26N6O5S. The van der Waals surface area contributed by atoms with E-state index in [1.165, 1.54) is 28.2 Å². The molecule has 1 unspecified atom stereocenters. The molecular weight excluding hydrogens is 412 g/mol. The number of nitrogens with two attached hydrogens (primary N) is 2. The molecule has 0 saturated heterocycles. The van der Waals surface area contributed by atoms with E-state index in [1.807, 2.05) is 6.92 Å². The van der Waals surface area contributed by atoms with E-state index in [0.29, 0.717) is 24.1 Å². The summed E-state index contributed by atoms with van der Waals surface area (Å²) < 4.78 is 33.9. The fraction of sp³-hybridized carbons (Fsp3) is 0.389. The Bertz CT molecular complexity index is 987. The first-order valence-electron chi connectivity index (χ1n) is 9.31. The van der Waals surface area contributed by atoms with E-state index in [4.69, 9.17) is 11.6 Å². The Labute approximate surface area is 174 Å². The Balaban J connectivity index is 2.07. The van der Waals surface area contributed by atoms with Gasteiger partial charge in [-0.1, -0.05) is 49.0 Å². The summed E-state index contributed by atoms with van der Waals surface area (Å²) in [6, 6.07) is 6.91. The molecule has 2 rings (SSSR count). The van der Waals surface area contributed by atoms with Crippen molar-refractivity contribution in [3.8, 4) is 0 Å². The molecule has 0 spiro atoms. The average Bonchev–Trinajstić information content (AvgIpc) is 3.12. The van der Waals surface area contributed by atoms with Gasteiger partial charge in [0.05, 0.1) is 10.9 Å². The van der Waals surface area contributed by atoms with Crippen LogP contribution in [0.2, 0.25) is 0 Å². The molecule has 30 heavy (non-hydrogen) atoms. The van der Waals surface area contributed by atoms with Gasteiger partial charge in [0.2, 0.25) is 0 Å². The van der Waals surface area contributed by atoms with Crippen molar-refractivity contribution in [1.29, 1.82) is 0 Å². The molecule has 1 heterocycles. The maximum atomic E-state index is 11.6. The normalized spacial score (nSPS) is 13.2. The van der Waals surface area contributed by atoms with Crippen molar-refractivity contribution in [2.75, 3.05) is 0 Å². The Hall–Kier alpha value is -2.96. The van der Waals surface area contributed by atoms with E-state index in [9.17, 15) is 23.1 Å².